The van der Waals surface area contributed by atoms with Gasteiger partial charge in [0.05, 0.1) is 9.64 Å². The lowest BCUT2D eigenvalue weighted by atomic mass is 10.1. The van der Waals surface area contributed by atoms with Crippen LogP contribution in [0.4, 0.5) is 0 Å². The van der Waals surface area contributed by atoms with Gasteiger partial charge in [0.15, 0.2) is 15.8 Å². The summed E-state index contributed by atoms with van der Waals surface area (Å²) in [6.45, 7) is 3.21. The summed E-state index contributed by atoms with van der Waals surface area (Å²) in [6, 6.07) is 4.37. The van der Waals surface area contributed by atoms with E-state index in [0.29, 0.717) is 5.56 Å². The van der Waals surface area contributed by atoms with Crippen LogP contribution in [0.2, 0.25) is 0 Å². The highest BCUT2D eigenvalue weighted by atomic mass is 32.2. The van der Waals surface area contributed by atoms with Crippen molar-refractivity contribution in [3.05, 3.63) is 35.4 Å². The molecule has 0 radical (unpaired) electrons. The number of nitrogens with zero attached hydrogens (tertiary/aromatic N) is 1. The molecule has 6 nitrogen and oxygen atoms in total. The van der Waals surface area contributed by atoms with Gasteiger partial charge in [0.1, 0.15) is 0 Å². The number of sulfone groups is 1. The van der Waals surface area contributed by atoms with E-state index in [1.807, 2.05) is 0 Å². The van der Waals surface area contributed by atoms with Gasteiger partial charge in [-0.15, -0.1) is 0 Å². The second kappa shape index (κ2) is 4.45. The Balaban J connectivity index is 2.61. The van der Waals surface area contributed by atoms with Crippen LogP contribution in [0.1, 0.15) is 29.8 Å². The standard InChI is InChI=1S/C13H15N3O3S/c1-13(2)6-5-8-3-4-9(11(17)16-12(14)15)7-10(8)20(13,18)19/h3-7H,1-2H3,(H4,14,15,16,17). The first-order valence-electron chi connectivity index (χ1n) is 5.87. The van der Waals surface area contributed by atoms with Crippen LogP contribution in [0.3, 0.4) is 0 Å². The Morgan fingerprint density at radius 3 is 2.50 bits per heavy atom. The molecule has 0 saturated carbocycles. The van der Waals surface area contributed by atoms with Crippen molar-refractivity contribution >= 4 is 27.8 Å². The molecule has 106 valence electrons. The van der Waals surface area contributed by atoms with Crippen LogP contribution in [0.25, 0.3) is 6.08 Å². The number of fused-ring (bicyclic) bond motifs is 1. The Bertz CT molecular complexity index is 742. The summed E-state index contributed by atoms with van der Waals surface area (Å²) in [5.41, 5.74) is 11.0. The average molecular weight is 293 g/mol. The van der Waals surface area contributed by atoms with Crippen molar-refractivity contribution in [2.75, 3.05) is 0 Å². The quantitative estimate of drug-likeness (QED) is 0.583. The molecular weight excluding hydrogens is 278 g/mol. The molecule has 0 bridgehead atoms. The molecule has 20 heavy (non-hydrogen) atoms. The fraction of sp³-hybridized carbons (Fsp3) is 0.231. The Morgan fingerprint density at radius 1 is 1.25 bits per heavy atom. The zero-order chi connectivity index (χ0) is 15.1. The van der Waals surface area contributed by atoms with Crippen molar-refractivity contribution in [1.29, 1.82) is 0 Å². The number of guanidine groups is 1. The summed E-state index contributed by atoms with van der Waals surface area (Å²) in [5.74, 6) is -1.04. The minimum atomic E-state index is -3.55. The van der Waals surface area contributed by atoms with Crippen LogP contribution in [0, 0.1) is 0 Å². The smallest absolute Gasteiger partial charge is 0.280 e. The van der Waals surface area contributed by atoms with Crippen molar-refractivity contribution in [2.24, 2.45) is 16.5 Å². The van der Waals surface area contributed by atoms with E-state index < -0.39 is 20.5 Å². The monoisotopic (exact) mass is 293 g/mol. The van der Waals surface area contributed by atoms with Gasteiger partial charge in [-0.1, -0.05) is 18.2 Å². The van der Waals surface area contributed by atoms with Gasteiger partial charge in [0.2, 0.25) is 0 Å². The number of rotatable bonds is 1. The topological polar surface area (TPSA) is 116 Å². The van der Waals surface area contributed by atoms with Gasteiger partial charge >= 0.3 is 0 Å². The minimum absolute atomic E-state index is 0.113. The molecule has 0 fully saturated rings. The minimum Gasteiger partial charge on any atom is -0.370 e. The molecule has 0 spiro atoms. The fourth-order valence-corrected chi connectivity index (χ4v) is 3.43. The molecule has 4 N–H and O–H groups in total. The van der Waals surface area contributed by atoms with E-state index in [4.69, 9.17) is 11.5 Å². The van der Waals surface area contributed by atoms with Crippen LogP contribution in [0.15, 0.2) is 34.2 Å². The van der Waals surface area contributed by atoms with Gasteiger partial charge < -0.3 is 11.5 Å². The van der Waals surface area contributed by atoms with E-state index in [1.165, 1.54) is 12.1 Å². The lowest BCUT2D eigenvalue weighted by molar-refractivity contribution is 0.100. The van der Waals surface area contributed by atoms with Gasteiger partial charge in [0.25, 0.3) is 5.91 Å². The molecule has 0 atom stereocenters. The first-order chi connectivity index (χ1) is 9.15. The maximum atomic E-state index is 12.5. The number of carbonyl (C=O) groups is 1. The Hall–Kier alpha value is -2.15. The number of amides is 1. The normalized spacial score (nSPS) is 18.1. The Kier molecular flexibility index (Phi) is 3.17. The van der Waals surface area contributed by atoms with E-state index in [2.05, 4.69) is 4.99 Å². The highest BCUT2D eigenvalue weighted by Crippen LogP contribution is 2.35. The lowest BCUT2D eigenvalue weighted by Gasteiger charge is -2.26. The van der Waals surface area contributed by atoms with E-state index in [0.717, 1.165) is 0 Å². The predicted molar refractivity (Wildman–Crippen MR) is 76.9 cm³/mol. The molecule has 0 saturated heterocycles. The molecule has 0 aliphatic carbocycles. The largest absolute Gasteiger partial charge is 0.370 e. The SMILES string of the molecule is CC1(C)C=Cc2ccc(C(=O)N=C(N)N)cc2S1(=O)=O. The van der Waals surface area contributed by atoms with Gasteiger partial charge in [0, 0.05) is 5.56 Å². The molecule has 0 aromatic heterocycles. The molecular formula is C13H15N3O3S. The molecule has 1 aromatic carbocycles. The van der Waals surface area contributed by atoms with Gasteiger partial charge in [-0.05, 0) is 31.5 Å². The number of benzene rings is 1. The summed E-state index contributed by atoms with van der Waals surface area (Å²) >= 11 is 0. The number of hydrogen-bond donors (Lipinski definition) is 2. The number of nitrogens with two attached hydrogens (primary N) is 2. The summed E-state index contributed by atoms with van der Waals surface area (Å²) < 4.78 is 23.9. The third-order valence-electron chi connectivity index (χ3n) is 3.14. The maximum Gasteiger partial charge on any atom is 0.280 e. The second-order valence-electron chi connectivity index (χ2n) is 5.03. The number of aliphatic imine (C=N–C) groups is 1. The third kappa shape index (κ3) is 2.20. The second-order valence-corrected chi connectivity index (χ2v) is 7.53. The van der Waals surface area contributed by atoms with Crippen molar-refractivity contribution in [3.63, 3.8) is 0 Å². The van der Waals surface area contributed by atoms with Gasteiger partial charge in [-0.2, -0.15) is 4.99 Å². The highest BCUT2D eigenvalue weighted by Gasteiger charge is 2.37. The molecule has 2 rings (SSSR count). The van der Waals surface area contributed by atoms with E-state index >= 15 is 0 Å². The Labute approximate surface area is 117 Å². The fourth-order valence-electron chi connectivity index (χ4n) is 1.88. The first-order valence-corrected chi connectivity index (χ1v) is 7.35. The van der Waals surface area contributed by atoms with Crippen LogP contribution in [-0.2, 0) is 9.84 Å². The van der Waals surface area contributed by atoms with Crippen LogP contribution in [0.5, 0.6) is 0 Å². The van der Waals surface area contributed by atoms with Crippen molar-refractivity contribution < 1.29 is 13.2 Å². The first kappa shape index (κ1) is 14.3. The van der Waals surface area contributed by atoms with Gasteiger partial charge in [-0.25, -0.2) is 8.42 Å². The Morgan fingerprint density at radius 2 is 1.90 bits per heavy atom. The van der Waals surface area contributed by atoms with Gasteiger partial charge in [-0.3, -0.25) is 4.79 Å². The zero-order valence-corrected chi connectivity index (χ0v) is 11.9. The van der Waals surface area contributed by atoms with E-state index in [-0.39, 0.29) is 16.4 Å². The summed E-state index contributed by atoms with van der Waals surface area (Å²) in [4.78, 5) is 15.3. The maximum absolute atomic E-state index is 12.5. The molecule has 7 heteroatoms. The molecule has 1 aliphatic heterocycles. The van der Waals surface area contributed by atoms with Crippen molar-refractivity contribution in [3.8, 4) is 0 Å². The average Bonchev–Trinajstić information content (AvgIpc) is 2.33. The molecule has 1 aromatic rings. The molecule has 0 unspecified atom stereocenters. The lowest BCUT2D eigenvalue weighted by Crippen LogP contribution is -2.32. The highest BCUT2D eigenvalue weighted by molar-refractivity contribution is 7.93. The number of carbonyl (C=O) groups excluding carboxylic acids is 1. The summed E-state index contributed by atoms with van der Waals surface area (Å²) in [6.07, 6.45) is 3.35. The summed E-state index contributed by atoms with van der Waals surface area (Å²) in [7, 11) is -3.55. The number of hydrogen-bond acceptors (Lipinski definition) is 3. The van der Waals surface area contributed by atoms with Crippen molar-refractivity contribution in [2.45, 2.75) is 23.5 Å². The zero-order valence-electron chi connectivity index (χ0n) is 11.1. The van der Waals surface area contributed by atoms with Crippen LogP contribution < -0.4 is 11.5 Å². The predicted octanol–water partition coefficient (Wildman–Crippen LogP) is 0.679. The van der Waals surface area contributed by atoms with Crippen LogP contribution in [-0.4, -0.2) is 25.0 Å². The van der Waals surface area contributed by atoms with E-state index in [1.54, 1.807) is 32.1 Å². The third-order valence-corrected chi connectivity index (χ3v) is 5.59. The van der Waals surface area contributed by atoms with Crippen LogP contribution >= 0.6 is 0 Å². The molecule has 1 aliphatic rings. The molecule has 1 amide bonds. The van der Waals surface area contributed by atoms with E-state index in [9.17, 15) is 13.2 Å². The summed E-state index contributed by atoms with van der Waals surface area (Å²) in [5, 5.41) is 0. The van der Waals surface area contributed by atoms with Crippen molar-refractivity contribution in [1.82, 2.24) is 0 Å². The molecule has 1 heterocycles.